The summed E-state index contributed by atoms with van der Waals surface area (Å²) in [5.74, 6) is 0.695. The van der Waals surface area contributed by atoms with Gasteiger partial charge in [-0.25, -0.2) is 8.42 Å². The molecular weight excluding hydrogens is 416 g/mol. The summed E-state index contributed by atoms with van der Waals surface area (Å²) in [6.07, 6.45) is 6.17. The van der Waals surface area contributed by atoms with Gasteiger partial charge in [-0.2, -0.15) is 4.31 Å². The van der Waals surface area contributed by atoms with Crippen LogP contribution in [0.1, 0.15) is 45.6 Å². The Hall–Kier alpha value is -1.90. The molecule has 3 atom stereocenters. The Balaban J connectivity index is 1.97. The quantitative estimate of drug-likeness (QED) is 0.690. The molecule has 1 heterocycles. The highest BCUT2D eigenvalue weighted by atomic mass is 32.2. The number of fused-ring (bicyclic) bond motifs is 1. The number of carbonyl (C=O) groups excluding carboxylic acids is 1. The first-order valence-electron chi connectivity index (χ1n) is 11.0. The number of hydrogen-bond donors (Lipinski definition) is 1. The molecule has 0 unspecified atom stereocenters. The topological polar surface area (TPSA) is 87.2 Å². The van der Waals surface area contributed by atoms with Gasteiger partial charge in [-0.1, -0.05) is 25.1 Å². The Morgan fingerprint density at radius 3 is 2.71 bits per heavy atom. The zero-order valence-corrected chi connectivity index (χ0v) is 19.6. The molecule has 1 aliphatic heterocycles. The van der Waals surface area contributed by atoms with Gasteiger partial charge in [-0.15, -0.1) is 0 Å². The lowest BCUT2D eigenvalue weighted by molar-refractivity contribution is -0.131. The van der Waals surface area contributed by atoms with Crippen molar-refractivity contribution in [2.75, 3.05) is 26.7 Å². The van der Waals surface area contributed by atoms with Crippen molar-refractivity contribution in [3.05, 3.63) is 29.8 Å². The monoisotopic (exact) mass is 450 g/mol. The second kappa shape index (κ2) is 9.71. The van der Waals surface area contributed by atoms with Crippen molar-refractivity contribution in [3.8, 4) is 5.75 Å². The van der Waals surface area contributed by atoms with Crippen LogP contribution in [0.15, 0.2) is 29.2 Å². The summed E-state index contributed by atoms with van der Waals surface area (Å²) in [7, 11) is -2.07. The van der Waals surface area contributed by atoms with Crippen molar-refractivity contribution in [2.24, 2.45) is 11.8 Å². The third kappa shape index (κ3) is 5.48. The second-order valence-electron chi connectivity index (χ2n) is 8.87. The van der Waals surface area contributed by atoms with Gasteiger partial charge < -0.3 is 14.7 Å². The molecule has 1 amide bonds. The van der Waals surface area contributed by atoms with Gasteiger partial charge in [-0.3, -0.25) is 4.79 Å². The van der Waals surface area contributed by atoms with E-state index >= 15 is 0 Å². The summed E-state index contributed by atoms with van der Waals surface area (Å²) in [5.41, 5.74) is 0.836. The highest BCUT2D eigenvalue weighted by molar-refractivity contribution is 7.89. The van der Waals surface area contributed by atoms with Crippen LogP contribution in [0.25, 0.3) is 6.08 Å². The minimum Gasteiger partial charge on any atom is -0.487 e. The van der Waals surface area contributed by atoms with Crippen LogP contribution in [0.2, 0.25) is 0 Å². The molecule has 1 saturated carbocycles. The van der Waals surface area contributed by atoms with Crippen molar-refractivity contribution in [1.82, 2.24) is 9.21 Å². The summed E-state index contributed by atoms with van der Waals surface area (Å²) in [6.45, 7) is 5.82. The number of aliphatic hydroxyl groups is 1. The van der Waals surface area contributed by atoms with E-state index in [0.717, 1.165) is 18.4 Å². The maximum absolute atomic E-state index is 13.4. The largest absolute Gasteiger partial charge is 0.487 e. The first-order chi connectivity index (χ1) is 14.7. The average Bonchev–Trinajstić information content (AvgIpc) is 3.54. The van der Waals surface area contributed by atoms with E-state index in [2.05, 4.69) is 0 Å². The number of likely N-dealkylation sites (N-methyl/N-ethyl adjacent to an activating group) is 1. The number of ether oxygens (including phenoxy) is 1. The van der Waals surface area contributed by atoms with Gasteiger partial charge in [0, 0.05) is 32.0 Å². The molecule has 0 spiro atoms. The lowest BCUT2D eigenvalue weighted by Crippen LogP contribution is -2.50. The molecule has 0 aromatic heterocycles. The molecule has 0 bridgehead atoms. The van der Waals surface area contributed by atoms with E-state index in [1.165, 1.54) is 4.31 Å². The van der Waals surface area contributed by atoms with E-state index < -0.39 is 16.1 Å². The Morgan fingerprint density at radius 1 is 1.39 bits per heavy atom. The molecule has 172 valence electrons. The standard InChI is InChI=1S/C23H34N2O5S/c1-5-6-18-9-10-22-20(11-18)30-21(14-24(4)23(27)12-19-7-8-19)16(2)13-25(17(3)15-26)31(22,28)29/h5-6,9-11,16-17,19,21,26H,7-8,12-15H2,1-4H3/b6-5+/t16-,17-,21-/m0/s1. The van der Waals surface area contributed by atoms with Crippen molar-refractivity contribution in [2.45, 2.75) is 57.1 Å². The number of allylic oxidation sites excluding steroid dienone is 1. The Bertz CT molecular complexity index is 926. The fourth-order valence-electron chi connectivity index (χ4n) is 3.85. The van der Waals surface area contributed by atoms with Crippen LogP contribution >= 0.6 is 0 Å². The van der Waals surface area contributed by atoms with Crippen molar-refractivity contribution >= 4 is 22.0 Å². The maximum Gasteiger partial charge on any atom is 0.247 e. The maximum atomic E-state index is 13.4. The highest BCUT2D eigenvalue weighted by Gasteiger charge is 2.38. The van der Waals surface area contributed by atoms with Gasteiger partial charge in [-0.05, 0) is 50.3 Å². The summed E-state index contributed by atoms with van der Waals surface area (Å²) in [6, 6.07) is 4.47. The van der Waals surface area contributed by atoms with Gasteiger partial charge in [0.1, 0.15) is 16.7 Å². The van der Waals surface area contributed by atoms with Gasteiger partial charge >= 0.3 is 0 Å². The number of hydrogen-bond acceptors (Lipinski definition) is 5. The normalized spacial score (nSPS) is 24.7. The molecule has 0 saturated heterocycles. The van der Waals surface area contributed by atoms with E-state index in [9.17, 15) is 18.3 Å². The number of aliphatic hydroxyl groups excluding tert-OH is 1. The predicted molar refractivity (Wildman–Crippen MR) is 120 cm³/mol. The molecule has 0 radical (unpaired) electrons. The first kappa shape index (κ1) is 23.8. The third-order valence-electron chi connectivity index (χ3n) is 6.09. The number of benzene rings is 1. The Labute approximate surface area is 185 Å². The number of nitrogens with zero attached hydrogens (tertiary/aromatic N) is 2. The molecule has 8 heteroatoms. The SMILES string of the molecule is C/C=C/c1ccc2c(c1)O[C@@H](CN(C)C(=O)CC1CC1)[C@@H](C)CN([C@@H](C)CO)S2(=O)=O. The Kier molecular flexibility index (Phi) is 7.44. The van der Waals surface area contributed by atoms with Crippen LogP contribution in [0.5, 0.6) is 5.75 Å². The molecule has 1 aliphatic carbocycles. The van der Waals surface area contributed by atoms with Gasteiger partial charge in [0.15, 0.2) is 0 Å². The molecule has 1 aromatic rings. The predicted octanol–water partition coefficient (Wildman–Crippen LogP) is 2.75. The molecule has 1 N–H and O–H groups in total. The number of amides is 1. The average molecular weight is 451 g/mol. The van der Waals surface area contributed by atoms with Crippen LogP contribution in [0.4, 0.5) is 0 Å². The molecule has 1 fully saturated rings. The molecule has 2 aliphatic rings. The lowest BCUT2D eigenvalue weighted by atomic mass is 10.0. The van der Waals surface area contributed by atoms with E-state index in [1.807, 2.05) is 26.0 Å². The molecular formula is C23H34N2O5S. The van der Waals surface area contributed by atoms with Crippen LogP contribution in [0.3, 0.4) is 0 Å². The van der Waals surface area contributed by atoms with Crippen molar-refractivity contribution in [3.63, 3.8) is 0 Å². The van der Waals surface area contributed by atoms with E-state index in [1.54, 1.807) is 37.1 Å². The van der Waals surface area contributed by atoms with Crippen molar-refractivity contribution < 1.29 is 23.1 Å². The van der Waals surface area contributed by atoms with Crippen LogP contribution in [-0.4, -0.2) is 67.5 Å². The zero-order chi connectivity index (χ0) is 22.8. The van der Waals surface area contributed by atoms with Gasteiger partial charge in [0.2, 0.25) is 15.9 Å². The number of rotatable bonds is 7. The molecule has 3 rings (SSSR count). The fourth-order valence-corrected chi connectivity index (χ4v) is 5.68. The fraction of sp³-hybridized carbons (Fsp3) is 0.609. The second-order valence-corrected chi connectivity index (χ2v) is 10.7. The summed E-state index contributed by atoms with van der Waals surface area (Å²) < 4.78 is 34.5. The van der Waals surface area contributed by atoms with E-state index in [4.69, 9.17) is 4.74 Å². The first-order valence-corrected chi connectivity index (χ1v) is 12.4. The van der Waals surface area contributed by atoms with Crippen molar-refractivity contribution in [1.29, 1.82) is 0 Å². The Morgan fingerprint density at radius 2 is 2.10 bits per heavy atom. The minimum atomic E-state index is -3.85. The van der Waals surface area contributed by atoms with Crippen LogP contribution in [-0.2, 0) is 14.8 Å². The molecule has 31 heavy (non-hydrogen) atoms. The van der Waals surface area contributed by atoms with Crippen LogP contribution < -0.4 is 4.74 Å². The summed E-state index contributed by atoms with van der Waals surface area (Å²) in [5, 5.41) is 9.70. The van der Waals surface area contributed by atoms with Gasteiger partial charge in [0.25, 0.3) is 0 Å². The van der Waals surface area contributed by atoms with E-state index in [0.29, 0.717) is 18.9 Å². The minimum absolute atomic E-state index is 0.0879. The van der Waals surface area contributed by atoms with Crippen LogP contribution in [0, 0.1) is 11.8 Å². The lowest BCUT2D eigenvalue weighted by Gasteiger charge is -2.37. The molecule has 1 aromatic carbocycles. The van der Waals surface area contributed by atoms with Gasteiger partial charge in [0.05, 0.1) is 13.2 Å². The smallest absolute Gasteiger partial charge is 0.247 e. The summed E-state index contributed by atoms with van der Waals surface area (Å²) >= 11 is 0. The van der Waals surface area contributed by atoms with E-state index in [-0.39, 0.29) is 41.7 Å². The highest BCUT2D eigenvalue weighted by Crippen LogP contribution is 2.35. The molecule has 7 nitrogen and oxygen atoms in total. The zero-order valence-electron chi connectivity index (χ0n) is 18.8. The number of carbonyl (C=O) groups is 1. The third-order valence-corrected chi connectivity index (χ3v) is 8.11. The number of sulfonamides is 1. The summed E-state index contributed by atoms with van der Waals surface area (Å²) in [4.78, 5) is 14.3.